The van der Waals surface area contributed by atoms with Gasteiger partial charge in [-0.25, -0.2) is 4.98 Å². The Kier molecular flexibility index (Phi) is 3.62. The highest BCUT2D eigenvalue weighted by Gasteiger charge is 2.20. The molecular weight excluding hydrogens is 280 g/mol. The van der Waals surface area contributed by atoms with Crippen molar-refractivity contribution in [2.75, 3.05) is 0 Å². The molecule has 3 aromatic rings. The normalized spacial score (nSPS) is 12.5. The Labute approximate surface area is 127 Å². The molecule has 0 radical (unpaired) electrons. The number of H-pyrrole nitrogens is 2. The van der Waals surface area contributed by atoms with E-state index in [0.717, 1.165) is 28.8 Å². The zero-order valence-electron chi connectivity index (χ0n) is 12.8. The van der Waals surface area contributed by atoms with Gasteiger partial charge in [0.25, 0.3) is 5.91 Å². The van der Waals surface area contributed by atoms with Crippen LogP contribution in [0.15, 0.2) is 18.2 Å². The number of nitrogens with one attached hydrogen (secondary N) is 3. The second-order valence-electron chi connectivity index (χ2n) is 5.33. The van der Waals surface area contributed by atoms with E-state index in [9.17, 15) is 4.79 Å². The van der Waals surface area contributed by atoms with Crippen molar-refractivity contribution in [1.29, 1.82) is 0 Å². The van der Waals surface area contributed by atoms with E-state index >= 15 is 0 Å². The summed E-state index contributed by atoms with van der Waals surface area (Å²) in [6, 6.07) is 5.84. The van der Waals surface area contributed by atoms with Gasteiger partial charge in [-0.15, -0.1) is 0 Å². The lowest BCUT2D eigenvalue weighted by Crippen LogP contribution is -2.29. The van der Waals surface area contributed by atoms with Crippen LogP contribution in [-0.4, -0.2) is 31.3 Å². The highest BCUT2D eigenvalue weighted by Crippen LogP contribution is 2.20. The number of hydrogen-bond donors (Lipinski definition) is 3. The number of fused-ring (bicyclic) bond motifs is 1. The number of carbonyl (C=O) groups is 1. The smallest absolute Gasteiger partial charge is 0.274 e. The summed E-state index contributed by atoms with van der Waals surface area (Å²) in [5, 5.41) is 13.1. The van der Waals surface area contributed by atoms with Crippen molar-refractivity contribution >= 4 is 16.9 Å². The van der Waals surface area contributed by atoms with Crippen LogP contribution in [0.4, 0.5) is 0 Å². The molecule has 0 saturated carbocycles. The third-order valence-corrected chi connectivity index (χ3v) is 3.64. The first kappa shape index (κ1) is 14.2. The number of nitrogens with zero attached hydrogens (tertiary/aromatic N) is 3. The standard InChI is InChI=1S/C15H18N6O/c1-4-10(18-15(22)13-9(3)19-21-20-13)14-16-11-6-5-8(2)7-12(11)17-14/h5-7,10H,4H2,1-3H3,(H,16,17)(H,18,22)(H,19,20,21). The number of hydrogen-bond acceptors (Lipinski definition) is 4. The van der Waals surface area contributed by atoms with Gasteiger partial charge in [-0.05, 0) is 38.0 Å². The second-order valence-corrected chi connectivity index (χ2v) is 5.33. The molecule has 1 amide bonds. The van der Waals surface area contributed by atoms with Gasteiger partial charge < -0.3 is 10.3 Å². The van der Waals surface area contributed by atoms with Crippen molar-refractivity contribution in [2.24, 2.45) is 0 Å². The van der Waals surface area contributed by atoms with Crippen LogP contribution in [0.3, 0.4) is 0 Å². The van der Waals surface area contributed by atoms with Gasteiger partial charge in [0.1, 0.15) is 5.82 Å². The van der Waals surface area contributed by atoms with Crippen LogP contribution in [0, 0.1) is 13.8 Å². The zero-order valence-corrected chi connectivity index (χ0v) is 12.8. The first-order chi connectivity index (χ1) is 10.6. The number of aromatic amines is 2. The van der Waals surface area contributed by atoms with Crippen molar-refractivity contribution in [3.8, 4) is 0 Å². The van der Waals surface area contributed by atoms with Gasteiger partial charge in [-0.1, -0.05) is 13.0 Å². The van der Waals surface area contributed by atoms with Crippen molar-refractivity contribution in [1.82, 2.24) is 30.7 Å². The van der Waals surface area contributed by atoms with Crippen molar-refractivity contribution in [2.45, 2.75) is 33.2 Å². The van der Waals surface area contributed by atoms with Gasteiger partial charge in [0.15, 0.2) is 5.69 Å². The van der Waals surface area contributed by atoms with Crippen LogP contribution in [0.1, 0.15) is 47.0 Å². The Bertz CT molecular complexity index is 818. The molecule has 2 aromatic heterocycles. The fourth-order valence-corrected chi connectivity index (χ4v) is 2.40. The van der Waals surface area contributed by atoms with Crippen molar-refractivity contribution < 1.29 is 4.79 Å². The molecule has 1 atom stereocenters. The minimum absolute atomic E-state index is 0.198. The fraction of sp³-hybridized carbons (Fsp3) is 0.333. The summed E-state index contributed by atoms with van der Waals surface area (Å²) < 4.78 is 0. The Hall–Kier alpha value is -2.70. The molecule has 3 rings (SSSR count). The number of rotatable bonds is 4. The van der Waals surface area contributed by atoms with E-state index in [2.05, 4.69) is 30.7 Å². The first-order valence-corrected chi connectivity index (χ1v) is 7.23. The third kappa shape index (κ3) is 2.57. The molecule has 2 heterocycles. The Morgan fingerprint density at radius 2 is 2.14 bits per heavy atom. The monoisotopic (exact) mass is 298 g/mol. The average molecular weight is 298 g/mol. The van der Waals surface area contributed by atoms with Gasteiger partial charge in [0.2, 0.25) is 0 Å². The Morgan fingerprint density at radius 1 is 1.32 bits per heavy atom. The number of aryl methyl sites for hydroxylation is 2. The number of amides is 1. The van der Waals surface area contributed by atoms with Gasteiger partial charge in [-0.2, -0.15) is 15.4 Å². The minimum Gasteiger partial charge on any atom is -0.341 e. The molecule has 7 nitrogen and oxygen atoms in total. The third-order valence-electron chi connectivity index (χ3n) is 3.64. The maximum atomic E-state index is 12.3. The van der Waals surface area contributed by atoms with Crippen LogP contribution in [0.2, 0.25) is 0 Å². The lowest BCUT2D eigenvalue weighted by Gasteiger charge is -2.13. The van der Waals surface area contributed by atoms with Crippen LogP contribution < -0.4 is 5.32 Å². The van der Waals surface area contributed by atoms with E-state index in [1.54, 1.807) is 6.92 Å². The van der Waals surface area contributed by atoms with Gasteiger partial charge in [0.05, 0.1) is 22.8 Å². The van der Waals surface area contributed by atoms with Gasteiger partial charge >= 0.3 is 0 Å². The van der Waals surface area contributed by atoms with Crippen molar-refractivity contribution in [3.63, 3.8) is 0 Å². The lowest BCUT2D eigenvalue weighted by molar-refractivity contribution is 0.0928. The molecule has 0 aliphatic carbocycles. The molecule has 114 valence electrons. The molecule has 3 N–H and O–H groups in total. The SMILES string of the molecule is CCC(NC(=O)c1n[nH]nc1C)c1nc2ccc(C)cc2[nH]1. The van der Waals surface area contributed by atoms with Crippen LogP contribution in [-0.2, 0) is 0 Å². The van der Waals surface area contributed by atoms with E-state index < -0.39 is 0 Å². The number of aromatic nitrogens is 5. The molecular formula is C15H18N6O. The summed E-state index contributed by atoms with van der Waals surface area (Å²) in [7, 11) is 0. The predicted molar refractivity (Wildman–Crippen MR) is 82.4 cm³/mol. The Morgan fingerprint density at radius 3 is 2.82 bits per heavy atom. The predicted octanol–water partition coefficient (Wildman–Crippen LogP) is 2.18. The van der Waals surface area contributed by atoms with Gasteiger partial charge in [-0.3, -0.25) is 4.79 Å². The number of imidazole rings is 1. The summed E-state index contributed by atoms with van der Waals surface area (Å²) in [6.45, 7) is 5.77. The van der Waals surface area contributed by atoms with Crippen molar-refractivity contribution in [3.05, 3.63) is 41.0 Å². The molecule has 0 spiro atoms. The second kappa shape index (κ2) is 5.59. The molecule has 1 aromatic carbocycles. The van der Waals surface area contributed by atoms with E-state index in [-0.39, 0.29) is 11.9 Å². The zero-order chi connectivity index (χ0) is 15.7. The number of benzene rings is 1. The largest absolute Gasteiger partial charge is 0.341 e. The highest BCUT2D eigenvalue weighted by atomic mass is 16.2. The average Bonchev–Trinajstić information content (AvgIpc) is 3.09. The molecule has 0 saturated heterocycles. The van der Waals surface area contributed by atoms with E-state index in [1.165, 1.54) is 0 Å². The maximum absolute atomic E-state index is 12.3. The van der Waals surface area contributed by atoms with E-state index in [4.69, 9.17) is 0 Å². The summed E-state index contributed by atoms with van der Waals surface area (Å²) in [5.74, 6) is 0.493. The van der Waals surface area contributed by atoms with Gasteiger partial charge in [0, 0.05) is 0 Å². The molecule has 1 unspecified atom stereocenters. The molecule has 22 heavy (non-hydrogen) atoms. The summed E-state index contributed by atoms with van der Waals surface area (Å²) in [4.78, 5) is 20.1. The maximum Gasteiger partial charge on any atom is 0.274 e. The van der Waals surface area contributed by atoms with Crippen LogP contribution >= 0.6 is 0 Å². The highest BCUT2D eigenvalue weighted by molar-refractivity contribution is 5.93. The van der Waals surface area contributed by atoms with E-state index in [0.29, 0.717) is 11.4 Å². The molecule has 7 heteroatoms. The molecule has 0 bridgehead atoms. The van der Waals surface area contributed by atoms with Crippen LogP contribution in [0.5, 0.6) is 0 Å². The first-order valence-electron chi connectivity index (χ1n) is 7.23. The topological polar surface area (TPSA) is 99.3 Å². The lowest BCUT2D eigenvalue weighted by atomic mass is 10.2. The Balaban J connectivity index is 1.86. The summed E-state index contributed by atoms with van der Waals surface area (Å²) in [5.41, 5.74) is 3.92. The minimum atomic E-state index is -0.255. The molecule has 0 aliphatic heterocycles. The van der Waals surface area contributed by atoms with E-state index in [1.807, 2.05) is 32.0 Å². The molecule has 0 fully saturated rings. The summed E-state index contributed by atoms with van der Waals surface area (Å²) in [6.07, 6.45) is 0.724. The fourth-order valence-electron chi connectivity index (χ4n) is 2.40. The van der Waals surface area contributed by atoms with Crippen LogP contribution in [0.25, 0.3) is 11.0 Å². The molecule has 0 aliphatic rings. The number of carbonyl (C=O) groups excluding carboxylic acids is 1. The summed E-state index contributed by atoms with van der Waals surface area (Å²) >= 11 is 0. The quantitative estimate of drug-likeness (QED) is 0.687.